The molecule has 0 amide bonds. The lowest BCUT2D eigenvalue weighted by atomic mass is 9.84. The number of rotatable bonds is 1. The van der Waals surface area contributed by atoms with E-state index in [9.17, 15) is 15.2 Å². The maximum atomic E-state index is 12.2. The van der Waals surface area contributed by atoms with Gasteiger partial charge in [-0.3, -0.25) is 4.79 Å². The molecular formula is C17H16N2O3. The number of aliphatic hydroxyl groups excluding tert-OH is 1. The fourth-order valence-electron chi connectivity index (χ4n) is 2.88. The van der Waals surface area contributed by atoms with E-state index in [1.165, 1.54) is 10.6 Å². The molecule has 22 heavy (non-hydrogen) atoms. The van der Waals surface area contributed by atoms with Gasteiger partial charge in [0.25, 0.3) is 5.56 Å². The summed E-state index contributed by atoms with van der Waals surface area (Å²) in [5, 5.41) is 20.1. The van der Waals surface area contributed by atoms with Crippen LogP contribution in [0.5, 0.6) is 5.75 Å². The van der Waals surface area contributed by atoms with Crippen LogP contribution in [0.15, 0.2) is 47.4 Å². The van der Waals surface area contributed by atoms with Gasteiger partial charge in [-0.15, -0.1) is 0 Å². The van der Waals surface area contributed by atoms with Gasteiger partial charge in [0.15, 0.2) is 0 Å². The summed E-state index contributed by atoms with van der Waals surface area (Å²) in [6, 6.07) is 11.4. The molecule has 2 atom stereocenters. The maximum Gasteiger partial charge on any atom is 0.251 e. The first kappa shape index (κ1) is 14.4. The highest BCUT2D eigenvalue weighted by molar-refractivity contribution is 5.51. The number of hydrogen-bond donors (Lipinski definition) is 1. The lowest BCUT2D eigenvalue weighted by molar-refractivity contribution is -0.0643. The zero-order valence-corrected chi connectivity index (χ0v) is 12.4. The van der Waals surface area contributed by atoms with E-state index in [0.29, 0.717) is 16.9 Å². The molecule has 0 unspecified atom stereocenters. The maximum absolute atomic E-state index is 12.2. The summed E-state index contributed by atoms with van der Waals surface area (Å²) in [4.78, 5) is 12.2. The first-order valence-electron chi connectivity index (χ1n) is 7.03. The molecule has 0 saturated carbocycles. The van der Waals surface area contributed by atoms with E-state index < -0.39 is 17.7 Å². The van der Waals surface area contributed by atoms with Gasteiger partial charge < -0.3 is 14.4 Å². The predicted octanol–water partition coefficient (Wildman–Crippen LogP) is 1.84. The highest BCUT2D eigenvalue weighted by Crippen LogP contribution is 2.42. The average Bonchev–Trinajstić information content (AvgIpc) is 2.49. The van der Waals surface area contributed by atoms with Gasteiger partial charge in [-0.05, 0) is 32.0 Å². The first-order chi connectivity index (χ1) is 10.5. The first-order valence-corrected chi connectivity index (χ1v) is 7.03. The van der Waals surface area contributed by atoms with Crippen LogP contribution in [0.2, 0.25) is 0 Å². The van der Waals surface area contributed by atoms with Gasteiger partial charge in [0, 0.05) is 17.8 Å². The SMILES string of the molecule is CC1(C)Oc2cccc(C#N)c2[C@@H](n2ccccc2=O)[C@@H]1O. The van der Waals surface area contributed by atoms with Gasteiger partial charge >= 0.3 is 0 Å². The lowest BCUT2D eigenvalue weighted by Gasteiger charge is -2.42. The Morgan fingerprint density at radius 2 is 2.05 bits per heavy atom. The van der Waals surface area contributed by atoms with Crippen molar-refractivity contribution in [1.29, 1.82) is 5.26 Å². The molecule has 2 aromatic rings. The fraction of sp³-hybridized carbons (Fsp3) is 0.294. The smallest absolute Gasteiger partial charge is 0.251 e. The lowest BCUT2D eigenvalue weighted by Crippen LogP contribution is -2.52. The monoisotopic (exact) mass is 296 g/mol. The summed E-state index contributed by atoms with van der Waals surface area (Å²) < 4.78 is 7.30. The number of ether oxygens (including phenoxy) is 1. The highest BCUT2D eigenvalue weighted by atomic mass is 16.5. The normalized spacial score (nSPS) is 22.3. The topological polar surface area (TPSA) is 75.2 Å². The molecule has 1 N–H and O–H groups in total. The summed E-state index contributed by atoms with van der Waals surface area (Å²) in [5.74, 6) is 0.523. The van der Waals surface area contributed by atoms with Crippen LogP contribution in [0.1, 0.15) is 31.0 Å². The summed E-state index contributed by atoms with van der Waals surface area (Å²) in [6.07, 6.45) is 0.657. The Labute approximate surface area is 128 Å². The predicted molar refractivity (Wildman–Crippen MR) is 80.7 cm³/mol. The molecule has 112 valence electrons. The van der Waals surface area contributed by atoms with E-state index in [4.69, 9.17) is 4.74 Å². The summed E-state index contributed by atoms with van der Waals surface area (Å²) in [7, 11) is 0. The Morgan fingerprint density at radius 3 is 2.73 bits per heavy atom. The Morgan fingerprint density at radius 1 is 1.27 bits per heavy atom. The van der Waals surface area contributed by atoms with Crippen molar-refractivity contribution < 1.29 is 9.84 Å². The standard InChI is InChI=1S/C17H16N2O3/c1-17(2)16(21)15(19-9-4-3-8-13(19)20)14-11(10-18)6-5-7-12(14)22-17/h3-9,15-16,21H,1-2H3/t15-,16+/m1/s1. The molecule has 3 rings (SSSR count). The second kappa shape index (κ2) is 5.00. The molecular weight excluding hydrogens is 280 g/mol. The van der Waals surface area contributed by atoms with Crippen LogP contribution in [-0.4, -0.2) is 21.4 Å². The molecule has 0 bridgehead atoms. The molecule has 2 heterocycles. The molecule has 0 saturated heterocycles. The number of aromatic nitrogens is 1. The van der Waals surface area contributed by atoms with E-state index in [1.54, 1.807) is 50.4 Å². The number of fused-ring (bicyclic) bond motifs is 1. The zero-order chi connectivity index (χ0) is 15.9. The van der Waals surface area contributed by atoms with Crippen LogP contribution in [0, 0.1) is 11.3 Å². The number of aliphatic hydroxyl groups is 1. The quantitative estimate of drug-likeness (QED) is 0.871. The summed E-state index contributed by atoms with van der Waals surface area (Å²) in [6.45, 7) is 3.53. The minimum Gasteiger partial charge on any atom is -0.485 e. The second-order valence-corrected chi connectivity index (χ2v) is 5.87. The fourth-order valence-corrected chi connectivity index (χ4v) is 2.88. The van der Waals surface area contributed by atoms with Crippen molar-refractivity contribution in [3.05, 3.63) is 64.1 Å². The van der Waals surface area contributed by atoms with E-state index in [-0.39, 0.29) is 5.56 Å². The van der Waals surface area contributed by atoms with E-state index in [0.717, 1.165) is 0 Å². The molecule has 0 spiro atoms. The van der Waals surface area contributed by atoms with Gasteiger partial charge in [0.2, 0.25) is 0 Å². The molecule has 1 aromatic heterocycles. The average molecular weight is 296 g/mol. The molecule has 5 heteroatoms. The number of hydrogen-bond acceptors (Lipinski definition) is 4. The van der Waals surface area contributed by atoms with E-state index in [2.05, 4.69) is 6.07 Å². The number of benzene rings is 1. The molecule has 1 aliphatic rings. The number of pyridine rings is 1. The third-order valence-electron chi connectivity index (χ3n) is 4.02. The van der Waals surface area contributed by atoms with Crippen molar-refractivity contribution >= 4 is 0 Å². The Kier molecular flexibility index (Phi) is 3.27. The van der Waals surface area contributed by atoms with Crippen molar-refractivity contribution in [2.75, 3.05) is 0 Å². The Hall–Kier alpha value is -2.58. The Bertz CT molecular complexity index is 817. The summed E-state index contributed by atoms with van der Waals surface area (Å²) in [5.41, 5.74) is -0.165. The van der Waals surface area contributed by atoms with Crippen molar-refractivity contribution in [3.8, 4) is 11.8 Å². The largest absolute Gasteiger partial charge is 0.485 e. The molecule has 1 aliphatic heterocycles. The molecule has 0 fully saturated rings. The molecule has 0 aliphatic carbocycles. The summed E-state index contributed by atoms with van der Waals surface area (Å²) >= 11 is 0. The van der Waals surface area contributed by atoms with Crippen molar-refractivity contribution in [2.24, 2.45) is 0 Å². The third-order valence-corrected chi connectivity index (χ3v) is 4.02. The van der Waals surface area contributed by atoms with Crippen LogP contribution in [0.25, 0.3) is 0 Å². The van der Waals surface area contributed by atoms with Gasteiger partial charge in [0.1, 0.15) is 17.5 Å². The van der Waals surface area contributed by atoms with Gasteiger partial charge in [-0.2, -0.15) is 5.26 Å². The van der Waals surface area contributed by atoms with E-state index >= 15 is 0 Å². The number of nitrogens with zero attached hydrogens (tertiary/aromatic N) is 2. The Balaban J connectivity index is 2.32. The van der Waals surface area contributed by atoms with Gasteiger partial charge in [0.05, 0.1) is 17.7 Å². The van der Waals surface area contributed by atoms with Gasteiger partial charge in [-0.25, -0.2) is 0 Å². The molecule has 1 aromatic carbocycles. The van der Waals surface area contributed by atoms with Crippen LogP contribution < -0.4 is 10.3 Å². The highest BCUT2D eigenvalue weighted by Gasteiger charge is 2.45. The van der Waals surface area contributed by atoms with Crippen LogP contribution in [-0.2, 0) is 0 Å². The van der Waals surface area contributed by atoms with Crippen molar-refractivity contribution in [1.82, 2.24) is 4.57 Å². The molecule has 5 nitrogen and oxygen atoms in total. The van der Waals surface area contributed by atoms with Gasteiger partial charge in [-0.1, -0.05) is 12.1 Å². The van der Waals surface area contributed by atoms with Crippen LogP contribution >= 0.6 is 0 Å². The number of nitriles is 1. The van der Waals surface area contributed by atoms with Crippen molar-refractivity contribution in [3.63, 3.8) is 0 Å². The van der Waals surface area contributed by atoms with Crippen molar-refractivity contribution in [2.45, 2.75) is 31.6 Å². The van der Waals surface area contributed by atoms with Crippen LogP contribution in [0.3, 0.4) is 0 Å². The second-order valence-electron chi connectivity index (χ2n) is 5.87. The van der Waals surface area contributed by atoms with Crippen LogP contribution in [0.4, 0.5) is 0 Å². The van der Waals surface area contributed by atoms with E-state index in [1.807, 2.05) is 0 Å². The molecule has 0 radical (unpaired) electrons. The zero-order valence-electron chi connectivity index (χ0n) is 12.4. The minimum absolute atomic E-state index is 0.233. The third kappa shape index (κ3) is 2.09. The minimum atomic E-state index is -0.963.